The predicted molar refractivity (Wildman–Crippen MR) is 67.3 cm³/mol. The number of nitrogens with zero attached hydrogens (tertiary/aromatic N) is 2. The van der Waals surface area contributed by atoms with Gasteiger partial charge in [-0.1, -0.05) is 23.8 Å². The standard InChI is InChI=1S/C13H17N3/c1-8-5-6-11(9(2)7-8)12-10(3)15-16(4)13(12)14/h5-7H,14H2,1-4H3. The first-order chi connectivity index (χ1) is 7.50. The summed E-state index contributed by atoms with van der Waals surface area (Å²) in [5, 5.41) is 4.34. The highest BCUT2D eigenvalue weighted by molar-refractivity contribution is 5.78. The van der Waals surface area contributed by atoms with Crippen molar-refractivity contribution in [3.8, 4) is 11.1 Å². The Balaban J connectivity index is 2.67. The first-order valence-corrected chi connectivity index (χ1v) is 5.37. The van der Waals surface area contributed by atoms with Gasteiger partial charge in [-0.3, -0.25) is 4.68 Å². The van der Waals surface area contributed by atoms with Gasteiger partial charge in [-0.05, 0) is 31.9 Å². The highest BCUT2D eigenvalue weighted by atomic mass is 15.3. The van der Waals surface area contributed by atoms with E-state index in [1.807, 2.05) is 14.0 Å². The zero-order valence-electron chi connectivity index (χ0n) is 10.2. The number of aromatic nitrogens is 2. The Kier molecular flexibility index (Phi) is 2.46. The summed E-state index contributed by atoms with van der Waals surface area (Å²) in [6.45, 7) is 6.19. The normalized spacial score (nSPS) is 10.8. The van der Waals surface area contributed by atoms with Crippen LogP contribution < -0.4 is 5.73 Å². The molecule has 2 aromatic rings. The lowest BCUT2D eigenvalue weighted by Crippen LogP contribution is -1.98. The highest BCUT2D eigenvalue weighted by Gasteiger charge is 2.13. The molecule has 0 radical (unpaired) electrons. The molecule has 0 aliphatic rings. The van der Waals surface area contributed by atoms with E-state index in [0.29, 0.717) is 0 Å². The number of hydrogen-bond acceptors (Lipinski definition) is 2. The quantitative estimate of drug-likeness (QED) is 0.794. The van der Waals surface area contributed by atoms with Gasteiger partial charge in [-0.2, -0.15) is 5.10 Å². The average Bonchev–Trinajstić information content (AvgIpc) is 2.43. The Morgan fingerprint density at radius 3 is 2.38 bits per heavy atom. The molecular formula is C13H17N3. The zero-order chi connectivity index (χ0) is 11.9. The summed E-state index contributed by atoms with van der Waals surface area (Å²) in [5.74, 6) is 0.726. The maximum absolute atomic E-state index is 6.04. The Labute approximate surface area is 95.9 Å². The van der Waals surface area contributed by atoms with Crippen molar-refractivity contribution < 1.29 is 0 Å². The fraction of sp³-hybridized carbons (Fsp3) is 0.308. The number of nitrogen functional groups attached to an aromatic ring is 1. The van der Waals surface area contributed by atoms with E-state index in [-0.39, 0.29) is 0 Å². The molecule has 0 saturated heterocycles. The summed E-state index contributed by atoms with van der Waals surface area (Å²) in [6.07, 6.45) is 0. The van der Waals surface area contributed by atoms with Crippen molar-refractivity contribution in [2.24, 2.45) is 7.05 Å². The summed E-state index contributed by atoms with van der Waals surface area (Å²) in [6, 6.07) is 6.39. The molecule has 3 heteroatoms. The Bertz CT molecular complexity index is 538. The Morgan fingerprint density at radius 2 is 1.88 bits per heavy atom. The summed E-state index contributed by atoms with van der Waals surface area (Å²) < 4.78 is 1.73. The minimum atomic E-state index is 0.726. The van der Waals surface area contributed by atoms with Gasteiger partial charge in [0.05, 0.1) is 5.69 Å². The van der Waals surface area contributed by atoms with Gasteiger partial charge in [0.25, 0.3) is 0 Å². The van der Waals surface area contributed by atoms with E-state index in [1.165, 1.54) is 16.7 Å². The van der Waals surface area contributed by atoms with E-state index in [1.54, 1.807) is 4.68 Å². The third-order valence-corrected chi connectivity index (χ3v) is 2.92. The highest BCUT2D eigenvalue weighted by Crippen LogP contribution is 2.31. The van der Waals surface area contributed by atoms with Gasteiger partial charge in [-0.15, -0.1) is 0 Å². The second-order valence-electron chi connectivity index (χ2n) is 4.29. The summed E-state index contributed by atoms with van der Waals surface area (Å²) in [7, 11) is 1.87. The van der Waals surface area contributed by atoms with E-state index in [9.17, 15) is 0 Å². The number of benzene rings is 1. The van der Waals surface area contributed by atoms with Gasteiger partial charge in [0.15, 0.2) is 0 Å². The van der Waals surface area contributed by atoms with Crippen LogP contribution in [0.25, 0.3) is 11.1 Å². The molecule has 0 aliphatic heterocycles. The number of hydrogen-bond donors (Lipinski definition) is 1. The van der Waals surface area contributed by atoms with Gasteiger partial charge < -0.3 is 5.73 Å². The molecule has 16 heavy (non-hydrogen) atoms. The van der Waals surface area contributed by atoms with Crippen molar-refractivity contribution in [3.63, 3.8) is 0 Å². The van der Waals surface area contributed by atoms with Crippen LogP contribution in [0.5, 0.6) is 0 Å². The molecule has 0 amide bonds. The van der Waals surface area contributed by atoms with Crippen LogP contribution in [0.4, 0.5) is 5.82 Å². The topological polar surface area (TPSA) is 43.8 Å². The fourth-order valence-electron chi connectivity index (χ4n) is 2.10. The summed E-state index contributed by atoms with van der Waals surface area (Å²) >= 11 is 0. The molecule has 0 aliphatic carbocycles. The van der Waals surface area contributed by atoms with E-state index in [0.717, 1.165) is 17.1 Å². The van der Waals surface area contributed by atoms with Crippen molar-refractivity contribution in [1.82, 2.24) is 9.78 Å². The van der Waals surface area contributed by atoms with Crippen molar-refractivity contribution >= 4 is 5.82 Å². The predicted octanol–water partition coefficient (Wildman–Crippen LogP) is 2.59. The molecule has 0 unspecified atom stereocenters. The molecule has 84 valence electrons. The maximum atomic E-state index is 6.04. The monoisotopic (exact) mass is 215 g/mol. The molecule has 3 nitrogen and oxygen atoms in total. The minimum absolute atomic E-state index is 0.726. The molecule has 0 saturated carbocycles. The van der Waals surface area contributed by atoms with Crippen LogP contribution in [0.15, 0.2) is 18.2 Å². The van der Waals surface area contributed by atoms with Gasteiger partial charge in [0.1, 0.15) is 5.82 Å². The van der Waals surface area contributed by atoms with E-state index >= 15 is 0 Å². The first kappa shape index (κ1) is 10.7. The van der Waals surface area contributed by atoms with E-state index < -0.39 is 0 Å². The third kappa shape index (κ3) is 1.58. The lowest BCUT2D eigenvalue weighted by atomic mass is 9.99. The lowest BCUT2D eigenvalue weighted by Gasteiger charge is -2.07. The van der Waals surface area contributed by atoms with Crippen LogP contribution >= 0.6 is 0 Å². The van der Waals surface area contributed by atoms with Crippen molar-refractivity contribution in [1.29, 1.82) is 0 Å². The zero-order valence-corrected chi connectivity index (χ0v) is 10.2. The second-order valence-corrected chi connectivity index (χ2v) is 4.29. The SMILES string of the molecule is Cc1ccc(-c2c(C)nn(C)c2N)c(C)c1. The van der Waals surface area contributed by atoms with Gasteiger partial charge in [0.2, 0.25) is 0 Å². The molecule has 2 N–H and O–H groups in total. The molecule has 1 heterocycles. The smallest absolute Gasteiger partial charge is 0.129 e. The van der Waals surface area contributed by atoms with Crippen molar-refractivity contribution in [2.75, 3.05) is 5.73 Å². The largest absolute Gasteiger partial charge is 0.383 e. The maximum Gasteiger partial charge on any atom is 0.129 e. The summed E-state index contributed by atoms with van der Waals surface area (Å²) in [5.41, 5.74) is 11.8. The van der Waals surface area contributed by atoms with Crippen LogP contribution in [0.3, 0.4) is 0 Å². The molecule has 0 fully saturated rings. The molecule has 2 rings (SSSR count). The van der Waals surface area contributed by atoms with E-state index in [4.69, 9.17) is 5.73 Å². The van der Waals surface area contributed by atoms with Crippen molar-refractivity contribution in [2.45, 2.75) is 20.8 Å². The summed E-state index contributed by atoms with van der Waals surface area (Å²) in [4.78, 5) is 0. The molecular weight excluding hydrogens is 198 g/mol. The number of aryl methyl sites for hydroxylation is 4. The number of nitrogens with two attached hydrogens (primary N) is 1. The van der Waals surface area contributed by atoms with Crippen molar-refractivity contribution in [3.05, 3.63) is 35.0 Å². The molecule has 0 bridgehead atoms. The lowest BCUT2D eigenvalue weighted by molar-refractivity contribution is 0.767. The molecule has 0 spiro atoms. The molecule has 0 atom stereocenters. The molecule has 1 aromatic carbocycles. The molecule has 1 aromatic heterocycles. The van der Waals surface area contributed by atoms with E-state index in [2.05, 4.69) is 37.1 Å². The van der Waals surface area contributed by atoms with Gasteiger partial charge >= 0.3 is 0 Å². The Hall–Kier alpha value is -1.77. The Morgan fingerprint density at radius 1 is 1.19 bits per heavy atom. The second kappa shape index (κ2) is 3.67. The first-order valence-electron chi connectivity index (χ1n) is 5.37. The van der Waals surface area contributed by atoms with Gasteiger partial charge in [-0.25, -0.2) is 0 Å². The third-order valence-electron chi connectivity index (χ3n) is 2.92. The average molecular weight is 215 g/mol. The minimum Gasteiger partial charge on any atom is -0.383 e. The van der Waals surface area contributed by atoms with Crippen LogP contribution in [-0.4, -0.2) is 9.78 Å². The number of anilines is 1. The van der Waals surface area contributed by atoms with Crippen LogP contribution in [0, 0.1) is 20.8 Å². The number of rotatable bonds is 1. The fourth-order valence-corrected chi connectivity index (χ4v) is 2.10. The van der Waals surface area contributed by atoms with Gasteiger partial charge in [0, 0.05) is 12.6 Å². The van der Waals surface area contributed by atoms with Crippen LogP contribution in [-0.2, 0) is 7.05 Å². The van der Waals surface area contributed by atoms with Crippen LogP contribution in [0.2, 0.25) is 0 Å². The van der Waals surface area contributed by atoms with Crippen LogP contribution in [0.1, 0.15) is 16.8 Å².